The Morgan fingerprint density at radius 2 is 2.26 bits per heavy atom. The molecule has 0 bridgehead atoms. The second-order valence-corrected chi connectivity index (χ2v) is 7.56. The molecule has 1 aromatic heterocycles. The quantitative estimate of drug-likeness (QED) is 0.541. The van der Waals surface area contributed by atoms with Crippen LogP contribution in [0.25, 0.3) is 11.0 Å². The van der Waals surface area contributed by atoms with Crippen molar-refractivity contribution >= 4 is 56.0 Å². The molecule has 1 unspecified atom stereocenters. The molecule has 1 heterocycles. The van der Waals surface area contributed by atoms with Gasteiger partial charge in [-0.3, -0.25) is 4.21 Å². The molecule has 0 amide bonds. The minimum Gasteiger partial charge on any atom is -0.328 e. The Bertz CT molecular complexity index is 600. The van der Waals surface area contributed by atoms with Crippen LogP contribution < -0.4 is 0 Å². The van der Waals surface area contributed by atoms with Crippen LogP contribution in [0.5, 0.6) is 0 Å². The maximum absolute atomic E-state index is 11.2. The first-order valence-corrected chi connectivity index (χ1v) is 9.46. The van der Waals surface area contributed by atoms with Gasteiger partial charge in [0.15, 0.2) is 0 Å². The van der Waals surface area contributed by atoms with Gasteiger partial charge in [-0.1, -0.05) is 0 Å². The standard InChI is InChI=1S/C13H16ClIN2OS/c1-19(18)8-2-7-17-12-4-3-10(15)9-11(12)16-13(17)5-6-14/h3-4,9H,2,5-8H2,1H3. The number of benzene rings is 1. The first kappa shape index (κ1) is 15.3. The fraction of sp³-hybridized carbons (Fsp3) is 0.462. The second-order valence-electron chi connectivity index (χ2n) is 4.38. The van der Waals surface area contributed by atoms with Gasteiger partial charge >= 0.3 is 0 Å². The number of fused-ring (bicyclic) bond motifs is 1. The molecule has 2 aromatic rings. The van der Waals surface area contributed by atoms with E-state index in [0.717, 1.165) is 42.0 Å². The number of hydrogen-bond acceptors (Lipinski definition) is 2. The largest absolute Gasteiger partial charge is 0.328 e. The van der Waals surface area contributed by atoms with Gasteiger partial charge in [-0.05, 0) is 47.2 Å². The van der Waals surface area contributed by atoms with Crippen molar-refractivity contribution < 1.29 is 4.21 Å². The van der Waals surface area contributed by atoms with E-state index in [4.69, 9.17) is 11.6 Å². The van der Waals surface area contributed by atoms with Crippen LogP contribution in [0.15, 0.2) is 18.2 Å². The maximum atomic E-state index is 11.2. The molecule has 0 aliphatic heterocycles. The first-order valence-electron chi connectivity index (χ1n) is 6.12. The van der Waals surface area contributed by atoms with Crippen molar-refractivity contribution in [3.8, 4) is 0 Å². The smallest absolute Gasteiger partial charge is 0.111 e. The van der Waals surface area contributed by atoms with E-state index in [0.29, 0.717) is 5.88 Å². The molecule has 0 radical (unpaired) electrons. The number of imidazole rings is 1. The topological polar surface area (TPSA) is 34.9 Å². The Kier molecular flexibility index (Phi) is 5.65. The fourth-order valence-electron chi connectivity index (χ4n) is 2.10. The Labute approximate surface area is 134 Å². The molecule has 0 saturated carbocycles. The van der Waals surface area contributed by atoms with Gasteiger partial charge in [0.1, 0.15) is 5.82 Å². The SMILES string of the molecule is CS(=O)CCCn1c(CCCl)nc2cc(I)ccc21. The molecule has 6 heteroatoms. The van der Waals surface area contributed by atoms with Crippen molar-refractivity contribution in [1.82, 2.24) is 9.55 Å². The molecule has 19 heavy (non-hydrogen) atoms. The molecular weight excluding hydrogens is 395 g/mol. The highest BCUT2D eigenvalue weighted by atomic mass is 127. The number of nitrogens with zero attached hydrogens (tertiary/aromatic N) is 2. The number of aromatic nitrogens is 2. The molecular formula is C13H16ClIN2OS. The van der Waals surface area contributed by atoms with Crippen LogP contribution in [0.3, 0.4) is 0 Å². The summed E-state index contributed by atoms with van der Waals surface area (Å²) in [6, 6.07) is 6.27. The summed E-state index contributed by atoms with van der Waals surface area (Å²) in [6.07, 6.45) is 3.41. The van der Waals surface area contributed by atoms with Gasteiger partial charge in [-0.25, -0.2) is 4.98 Å². The Morgan fingerprint density at radius 1 is 1.47 bits per heavy atom. The summed E-state index contributed by atoms with van der Waals surface area (Å²) in [6.45, 7) is 0.850. The summed E-state index contributed by atoms with van der Waals surface area (Å²) in [5.74, 6) is 2.32. The summed E-state index contributed by atoms with van der Waals surface area (Å²) >= 11 is 8.14. The lowest BCUT2D eigenvalue weighted by Crippen LogP contribution is -2.07. The molecule has 2 rings (SSSR count). The van der Waals surface area contributed by atoms with Gasteiger partial charge in [-0.2, -0.15) is 0 Å². The molecule has 0 aliphatic carbocycles. The van der Waals surface area contributed by atoms with E-state index in [2.05, 4.69) is 50.3 Å². The zero-order chi connectivity index (χ0) is 13.8. The molecule has 0 spiro atoms. The third kappa shape index (κ3) is 3.92. The summed E-state index contributed by atoms with van der Waals surface area (Å²) < 4.78 is 14.5. The minimum absolute atomic E-state index is 0.570. The minimum atomic E-state index is -0.736. The van der Waals surface area contributed by atoms with E-state index >= 15 is 0 Å². The van der Waals surface area contributed by atoms with E-state index in [1.54, 1.807) is 6.26 Å². The molecule has 0 N–H and O–H groups in total. The van der Waals surface area contributed by atoms with Crippen molar-refractivity contribution in [3.05, 3.63) is 27.6 Å². The molecule has 3 nitrogen and oxygen atoms in total. The van der Waals surface area contributed by atoms with Crippen LogP contribution in [0.1, 0.15) is 12.2 Å². The van der Waals surface area contributed by atoms with E-state index in [-0.39, 0.29) is 0 Å². The molecule has 104 valence electrons. The molecule has 0 aliphatic rings. The van der Waals surface area contributed by atoms with E-state index in [1.165, 1.54) is 3.57 Å². The van der Waals surface area contributed by atoms with Crippen molar-refractivity contribution in [2.45, 2.75) is 19.4 Å². The van der Waals surface area contributed by atoms with Gasteiger partial charge in [0.05, 0.1) is 11.0 Å². The van der Waals surface area contributed by atoms with Crippen molar-refractivity contribution in [2.75, 3.05) is 17.9 Å². The third-order valence-electron chi connectivity index (χ3n) is 2.92. The highest BCUT2D eigenvalue weighted by Gasteiger charge is 2.10. The molecule has 1 atom stereocenters. The second kappa shape index (κ2) is 7.04. The van der Waals surface area contributed by atoms with E-state index in [9.17, 15) is 4.21 Å². The zero-order valence-electron chi connectivity index (χ0n) is 10.7. The normalized spacial score (nSPS) is 13.0. The monoisotopic (exact) mass is 410 g/mol. The van der Waals surface area contributed by atoms with Crippen LogP contribution >= 0.6 is 34.2 Å². The lowest BCUT2D eigenvalue weighted by atomic mass is 10.3. The Morgan fingerprint density at radius 3 is 2.95 bits per heavy atom. The van der Waals surface area contributed by atoms with E-state index < -0.39 is 10.8 Å². The summed E-state index contributed by atoms with van der Waals surface area (Å²) in [4.78, 5) is 4.66. The number of rotatable bonds is 6. The highest BCUT2D eigenvalue weighted by molar-refractivity contribution is 14.1. The summed E-state index contributed by atoms with van der Waals surface area (Å²) in [5, 5.41) is 0. The molecule has 0 saturated heterocycles. The number of aryl methyl sites for hydroxylation is 2. The van der Waals surface area contributed by atoms with Crippen LogP contribution in [0.4, 0.5) is 0 Å². The van der Waals surface area contributed by atoms with Crippen LogP contribution in [-0.2, 0) is 23.8 Å². The summed E-state index contributed by atoms with van der Waals surface area (Å²) in [5.41, 5.74) is 2.16. The first-order chi connectivity index (χ1) is 9.11. The van der Waals surface area contributed by atoms with Crippen molar-refractivity contribution in [3.63, 3.8) is 0 Å². The van der Waals surface area contributed by atoms with Gasteiger partial charge in [0.25, 0.3) is 0 Å². The number of alkyl halides is 1. The van der Waals surface area contributed by atoms with E-state index in [1.807, 2.05) is 0 Å². The maximum Gasteiger partial charge on any atom is 0.111 e. The van der Waals surface area contributed by atoms with Gasteiger partial charge in [-0.15, -0.1) is 11.6 Å². The lowest BCUT2D eigenvalue weighted by Gasteiger charge is -2.07. The average molecular weight is 411 g/mol. The summed E-state index contributed by atoms with van der Waals surface area (Å²) in [7, 11) is -0.736. The van der Waals surface area contributed by atoms with Gasteiger partial charge < -0.3 is 4.57 Å². The van der Waals surface area contributed by atoms with Gasteiger partial charge in [0, 0.05) is 45.2 Å². The zero-order valence-corrected chi connectivity index (χ0v) is 14.5. The Balaban J connectivity index is 2.31. The number of hydrogen-bond donors (Lipinski definition) is 0. The van der Waals surface area contributed by atoms with Crippen LogP contribution in [0.2, 0.25) is 0 Å². The van der Waals surface area contributed by atoms with Gasteiger partial charge in [0.2, 0.25) is 0 Å². The van der Waals surface area contributed by atoms with Crippen LogP contribution in [0, 0.1) is 3.57 Å². The van der Waals surface area contributed by atoms with Crippen molar-refractivity contribution in [2.24, 2.45) is 0 Å². The average Bonchev–Trinajstić information content (AvgIpc) is 2.66. The molecule has 0 fully saturated rings. The fourth-order valence-corrected chi connectivity index (χ4v) is 3.28. The predicted octanol–water partition coefficient (Wildman–Crippen LogP) is 3.19. The number of halogens is 2. The van der Waals surface area contributed by atoms with Crippen molar-refractivity contribution in [1.29, 1.82) is 0 Å². The third-order valence-corrected chi connectivity index (χ3v) is 4.64. The predicted molar refractivity (Wildman–Crippen MR) is 90.4 cm³/mol. The highest BCUT2D eigenvalue weighted by Crippen LogP contribution is 2.20. The molecule has 1 aromatic carbocycles. The Hall–Kier alpha value is -0.140. The lowest BCUT2D eigenvalue weighted by molar-refractivity contribution is 0.650. The van der Waals surface area contributed by atoms with Crippen LogP contribution in [-0.4, -0.2) is 31.6 Å².